The van der Waals surface area contributed by atoms with Crippen LogP contribution in [0.15, 0.2) is 18.2 Å². The van der Waals surface area contributed by atoms with Crippen molar-refractivity contribution in [2.24, 2.45) is 0 Å². The van der Waals surface area contributed by atoms with Crippen molar-refractivity contribution in [1.82, 2.24) is 9.80 Å². The van der Waals surface area contributed by atoms with Gasteiger partial charge in [-0.3, -0.25) is 9.69 Å². The molecule has 22 heavy (non-hydrogen) atoms. The molecular formula is C18H29N3O. The van der Waals surface area contributed by atoms with E-state index in [-0.39, 0.29) is 5.78 Å². The van der Waals surface area contributed by atoms with E-state index in [1.807, 2.05) is 12.1 Å². The summed E-state index contributed by atoms with van der Waals surface area (Å²) >= 11 is 0. The molecule has 0 amide bonds. The number of piperazine rings is 1. The second kappa shape index (κ2) is 7.75. The van der Waals surface area contributed by atoms with Crippen LogP contribution in [-0.4, -0.2) is 68.4 Å². The molecule has 0 aromatic heterocycles. The van der Waals surface area contributed by atoms with Crippen molar-refractivity contribution >= 4 is 11.5 Å². The highest BCUT2D eigenvalue weighted by Gasteiger charge is 2.18. The second-order valence-corrected chi connectivity index (χ2v) is 6.18. The number of likely N-dealkylation sites (N-methyl/N-ethyl adjacent to an activating group) is 1. The normalized spacial score (nSPS) is 16.7. The number of ketones is 1. The van der Waals surface area contributed by atoms with Crippen molar-refractivity contribution in [3.05, 3.63) is 29.3 Å². The lowest BCUT2D eigenvalue weighted by molar-refractivity contribution is 0.0876. The zero-order valence-electron chi connectivity index (χ0n) is 14.4. The van der Waals surface area contributed by atoms with Crippen molar-refractivity contribution in [3.8, 4) is 0 Å². The van der Waals surface area contributed by atoms with E-state index in [4.69, 9.17) is 0 Å². The van der Waals surface area contributed by atoms with Gasteiger partial charge in [-0.05, 0) is 51.6 Å². The van der Waals surface area contributed by atoms with Crippen molar-refractivity contribution < 1.29 is 4.79 Å². The fourth-order valence-corrected chi connectivity index (χ4v) is 3.05. The standard InChI is InChI=1S/C18H29N3O/c1-5-21(6-2)17-8-7-16(13-15(17)3)18(22)14-20-11-9-19(4)10-12-20/h7-8,13H,5-6,9-12,14H2,1-4H3. The van der Waals surface area contributed by atoms with Gasteiger partial charge in [-0.1, -0.05) is 0 Å². The van der Waals surface area contributed by atoms with E-state index in [2.05, 4.69) is 48.6 Å². The van der Waals surface area contributed by atoms with Crippen molar-refractivity contribution in [2.75, 3.05) is 57.8 Å². The van der Waals surface area contributed by atoms with Crippen LogP contribution in [0.4, 0.5) is 5.69 Å². The zero-order chi connectivity index (χ0) is 16.1. The van der Waals surface area contributed by atoms with E-state index in [0.717, 1.165) is 44.8 Å². The van der Waals surface area contributed by atoms with Gasteiger partial charge in [0, 0.05) is 50.5 Å². The van der Waals surface area contributed by atoms with Crippen LogP contribution in [0.2, 0.25) is 0 Å². The van der Waals surface area contributed by atoms with Crippen LogP contribution in [0.1, 0.15) is 29.8 Å². The third-order valence-electron chi connectivity index (χ3n) is 4.59. The Hall–Kier alpha value is -1.39. The molecule has 1 heterocycles. The van der Waals surface area contributed by atoms with Gasteiger partial charge in [-0.15, -0.1) is 0 Å². The first kappa shape index (κ1) is 17.0. The van der Waals surface area contributed by atoms with Crippen LogP contribution in [0.5, 0.6) is 0 Å². The number of anilines is 1. The van der Waals surface area contributed by atoms with Gasteiger partial charge >= 0.3 is 0 Å². The maximum absolute atomic E-state index is 12.5. The minimum absolute atomic E-state index is 0.235. The molecule has 1 aromatic carbocycles. The summed E-state index contributed by atoms with van der Waals surface area (Å²) < 4.78 is 0. The van der Waals surface area contributed by atoms with Gasteiger partial charge in [0.1, 0.15) is 0 Å². The molecule has 1 aliphatic heterocycles. The molecular weight excluding hydrogens is 274 g/mol. The van der Waals surface area contributed by atoms with E-state index >= 15 is 0 Å². The van der Waals surface area contributed by atoms with Crippen LogP contribution in [0.3, 0.4) is 0 Å². The first-order valence-electron chi connectivity index (χ1n) is 8.34. The Balaban J connectivity index is 2.03. The highest BCUT2D eigenvalue weighted by atomic mass is 16.1. The largest absolute Gasteiger partial charge is 0.372 e. The molecule has 0 atom stereocenters. The first-order valence-corrected chi connectivity index (χ1v) is 8.34. The van der Waals surface area contributed by atoms with Crippen LogP contribution < -0.4 is 4.90 Å². The Kier molecular flexibility index (Phi) is 5.98. The number of carbonyl (C=O) groups excluding carboxylic acids is 1. The van der Waals surface area contributed by atoms with E-state index in [1.54, 1.807) is 0 Å². The highest BCUT2D eigenvalue weighted by molar-refractivity contribution is 5.98. The number of hydrogen-bond acceptors (Lipinski definition) is 4. The number of benzene rings is 1. The fourth-order valence-electron chi connectivity index (χ4n) is 3.05. The van der Waals surface area contributed by atoms with Crippen molar-refractivity contribution in [3.63, 3.8) is 0 Å². The fraction of sp³-hybridized carbons (Fsp3) is 0.611. The Morgan fingerprint density at radius 2 is 1.77 bits per heavy atom. The summed E-state index contributed by atoms with van der Waals surface area (Å²) in [7, 11) is 2.13. The lowest BCUT2D eigenvalue weighted by Gasteiger charge is -2.31. The first-order chi connectivity index (χ1) is 10.5. The maximum Gasteiger partial charge on any atom is 0.176 e. The van der Waals surface area contributed by atoms with Gasteiger partial charge in [-0.2, -0.15) is 0 Å². The van der Waals surface area contributed by atoms with E-state index in [1.165, 1.54) is 11.3 Å². The Morgan fingerprint density at radius 3 is 2.32 bits per heavy atom. The predicted molar refractivity (Wildman–Crippen MR) is 93.0 cm³/mol. The molecule has 4 nitrogen and oxygen atoms in total. The summed E-state index contributed by atoms with van der Waals surface area (Å²) in [6.45, 7) is 13.0. The zero-order valence-corrected chi connectivity index (χ0v) is 14.4. The van der Waals surface area contributed by atoms with Gasteiger partial charge in [-0.25, -0.2) is 0 Å². The molecule has 2 rings (SSSR count). The Morgan fingerprint density at radius 1 is 1.14 bits per heavy atom. The average Bonchev–Trinajstić information content (AvgIpc) is 2.52. The Labute approximate surface area is 134 Å². The molecule has 0 unspecified atom stereocenters. The number of hydrogen-bond donors (Lipinski definition) is 0. The summed E-state index contributed by atoms with van der Waals surface area (Å²) in [6, 6.07) is 6.13. The monoisotopic (exact) mass is 303 g/mol. The molecule has 0 saturated carbocycles. The van der Waals surface area contributed by atoms with Gasteiger partial charge in [0.05, 0.1) is 6.54 Å². The summed E-state index contributed by atoms with van der Waals surface area (Å²) in [5, 5.41) is 0. The summed E-state index contributed by atoms with van der Waals surface area (Å²) in [5.74, 6) is 0.235. The van der Waals surface area contributed by atoms with Crippen LogP contribution >= 0.6 is 0 Å². The predicted octanol–water partition coefficient (Wildman–Crippen LogP) is 2.27. The molecule has 122 valence electrons. The third-order valence-corrected chi connectivity index (χ3v) is 4.59. The SMILES string of the molecule is CCN(CC)c1ccc(C(=O)CN2CCN(C)CC2)cc1C. The van der Waals surface area contributed by atoms with Gasteiger partial charge in [0.25, 0.3) is 0 Å². The van der Waals surface area contributed by atoms with Crippen LogP contribution in [0.25, 0.3) is 0 Å². The molecule has 0 bridgehead atoms. The number of rotatable bonds is 6. The smallest absolute Gasteiger partial charge is 0.176 e. The molecule has 0 spiro atoms. The molecule has 1 aromatic rings. The summed E-state index contributed by atoms with van der Waals surface area (Å²) in [6.07, 6.45) is 0. The lowest BCUT2D eigenvalue weighted by Crippen LogP contribution is -2.46. The quantitative estimate of drug-likeness (QED) is 0.753. The number of carbonyl (C=O) groups is 1. The van der Waals surface area contributed by atoms with E-state index in [9.17, 15) is 4.79 Å². The van der Waals surface area contributed by atoms with Crippen LogP contribution in [0, 0.1) is 6.92 Å². The topological polar surface area (TPSA) is 26.8 Å². The third kappa shape index (κ3) is 4.08. The van der Waals surface area contributed by atoms with Crippen LogP contribution in [-0.2, 0) is 0 Å². The van der Waals surface area contributed by atoms with Crippen molar-refractivity contribution in [2.45, 2.75) is 20.8 Å². The molecule has 0 N–H and O–H groups in total. The van der Waals surface area contributed by atoms with Gasteiger partial charge in [0.2, 0.25) is 0 Å². The number of Topliss-reactive ketones (excluding diaryl/α,β-unsaturated/α-hetero) is 1. The summed E-state index contributed by atoms with van der Waals surface area (Å²) in [4.78, 5) is 19.4. The molecule has 1 fully saturated rings. The molecule has 1 saturated heterocycles. The number of aryl methyl sites for hydroxylation is 1. The molecule has 1 aliphatic rings. The van der Waals surface area contributed by atoms with E-state index < -0.39 is 0 Å². The van der Waals surface area contributed by atoms with Gasteiger partial charge in [0.15, 0.2) is 5.78 Å². The Bertz CT molecular complexity index is 503. The minimum Gasteiger partial charge on any atom is -0.372 e. The number of nitrogens with zero attached hydrogens (tertiary/aromatic N) is 3. The maximum atomic E-state index is 12.5. The molecule has 4 heteroatoms. The lowest BCUT2D eigenvalue weighted by atomic mass is 10.0. The molecule has 0 radical (unpaired) electrons. The minimum atomic E-state index is 0.235. The van der Waals surface area contributed by atoms with E-state index in [0.29, 0.717) is 6.54 Å². The highest BCUT2D eigenvalue weighted by Crippen LogP contribution is 2.21. The average molecular weight is 303 g/mol. The van der Waals surface area contributed by atoms with Gasteiger partial charge < -0.3 is 9.80 Å². The summed E-state index contributed by atoms with van der Waals surface area (Å²) in [5.41, 5.74) is 3.27. The molecule has 0 aliphatic carbocycles. The second-order valence-electron chi connectivity index (χ2n) is 6.18. The van der Waals surface area contributed by atoms with Crippen molar-refractivity contribution in [1.29, 1.82) is 0 Å².